The normalized spacial score (nSPS) is 16.6. The molecule has 25 heavy (non-hydrogen) atoms. The zero-order chi connectivity index (χ0) is 18.7. The van der Waals surface area contributed by atoms with Gasteiger partial charge >= 0.3 is 5.97 Å². The molecule has 0 heterocycles. The van der Waals surface area contributed by atoms with E-state index in [1.807, 2.05) is 0 Å². The molecule has 8 heteroatoms. The minimum absolute atomic E-state index is 0.139. The third-order valence-corrected chi connectivity index (χ3v) is 5.76. The highest BCUT2D eigenvalue weighted by atomic mass is 32.2. The molecule has 0 atom stereocenters. The molecule has 0 radical (unpaired) electrons. The largest absolute Gasteiger partial charge is 0.478 e. The summed E-state index contributed by atoms with van der Waals surface area (Å²) in [4.78, 5) is 23.9. The molecular weight excluding hydrogens is 346 g/mol. The van der Waals surface area contributed by atoms with Crippen LogP contribution in [0.15, 0.2) is 23.1 Å². The maximum Gasteiger partial charge on any atom is 0.335 e. The smallest absolute Gasteiger partial charge is 0.335 e. The molecule has 138 valence electrons. The number of nitrogens with one attached hydrogen (secondary N) is 1. The number of benzene rings is 1. The summed E-state index contributed by atoms with van der Waals surface area (Å²) in [5.74, 6) is -1.47. The van der Waals surface area contributed by atoms with Gasteiger partial charge in [0.15, 0.2) is 9.84 Å². The summed E-state index contributed by atoms with van der Waals surface area (Å²) in [6, 6.07) is 3.65. The first-order valence-electron chi connectivity index (χ1n) is 8.07. The Kier molecular flexibility index (Phi) is 5.84. The lowest BCUT2D eigenvalue weighted by molar-refractivity contribution is -0.126. The molecular formula is C17H23NO6S. The van der Waals surface area contributed by atoms with E-state index in [-0.39, 0.29) is 22.1 Å². The van der Waals surface area contributed by atoms with E-state index in [0.29, 0.717) is 13.0 Å². The van der Waals surface area contributed by atoms with Gasteiger partial charge in [-0.3, -0.25) is 4.79 Å². The highest BCUT2D eigenvalue weighted by molar-refractivity contribution is 7.90. The first kappa shape index (κ1) is 19.4. The van der Waals surface area contributed by atoms with Crippen molar-refractivity contribution in [3.8, 4) is 0 Å². The minimum Gasteiger partial charge on any atom is -0.478 e. The van der Waals surface area contributed by atoms with E-state index in [1.165, 1.54) is 12.1 Å². The molecule has 2 rings (SSSR count). The Hall–Kier alpha value is -1.93. The van der Waals surface area contributed by atoms with Gasteiger partial charge in [-0.25, -0.2) is 13.2 Å². The molecule has 7 nitrogen and oxygen atoms in total. The third kappa shape index (κ3) is 4.58. The molecule has 0 aromatic heterocycles. The van der Waals surface area contributed by atoms with Crippen molar-refractivity contribution in [2.45, 2.75) is 37.0 Å². The van der Waals surface area contributed by atoms with Crippen molar-refractivity contribution in [2.75, 3.05) is 25.3 Å². The average molecular weight is 369 g/mol. The Morgan fingerprint density at radius 1 is 1.24 bits per heavy atom. The molecule has 1 fully saturated rings. The lowest BCUT2D eigenvalue weighted by atomic mass is 9.82. The van der Waals surface area contributed by atoms with Gasteiger partial charge in [0, 0.05) is 25.7 Å². The van der Waals surface area contributed by atoms with E-state index < -0.39 is 21.2 Å². The van der Waals surface area contributed by atoms with Gasteiger partial charge in [0.2, 0.25) is 5.91 Å². The van der Waals surface area contributed by atoms with Crippen molar-refractivity contribution in [1.82, 2.24) is 0 Å². The maximum atomic E-state index is 12.8. The van der Waals surface area contributed by atoms with Gasteiger partial charge in [0.05, 0.1) is 15.9 Å². The van der Waals surface area contributed by atoms with Gasteiger partial charge in [-0.1, -0.05) is 12.8 Å². The molecule has 0 bridgehead atoms. The quantitative estimate of drug-likeness (QED) is 0.763. The molecule has 1 aromatic carbocycles. The van der Waals surface area contributed by atoms with Crippen LogP contribution in [-0.2, 0) is 19.4 Å². The number of methoxy groups -OCH3 is 1. The topological polar surface area (TPSA) is 110 Å². The number of rotatable bonds is 7. The highest BCUT2D eigenvalue weighted by Crippen LogP contribution is 2.42. The van der Waals surface area contributed by atoms with E-state index >= 15 is 0 Å². The number of carboxylic acids is 1. The summed E-state index contributed by atoms with van der Waals surface area (Å²) in [6.45, 7) is 0.456. The number of hydrogen-bond acceptors (Lipinski definition) is 5. The number of aromatic carboxylic acids is 1. The van der Waals surface area contributed by atoms with Crippen LogP contribution in [0.3, 0.4) is 0 Å². The van der Waals surface area contributed by atoms with E-state index in [4.69, 9.17) is 4.74 Å². The monoisotopic (exact) mass is 369 g/mol. The third-order valence-electron chi connectivity index (χ3n) is 4.67. The molecule has 1 aliphatic rings. The second-order valence-corrected chi connectivity index (χ2v) is 8.52. The summed E-state index contributed by atoms with van der Waals surface area (Å²) in [5.41, 5.74) is -0.565. The Balaban J connectivity index is 2.33. The molecule has 1 saturated carbocycles. The molecule has 1 aromatic rings. The van der Waals surface area contributed by atoms with E-state index in [2.05, 4.69) is 5.32 Å². The van der Waals surface area contributed by atoms with Gasteiger partial charge in [0.25, 0.3) is 0 Å². The zero-order valence-electron chi connectivity index (χ0n) is 14.4. The molecule has 1 amide bonds. The van der Waals surface area contributed by atoms with Gasteiger partial charge in [-0.2, -0.15) is 0 Å². The van der Waals surface area contributed by atoms with Gasteiger partial charge in [-0.15, -0.1) is 0 Å². The molecule has 1 aliphatic carbocycles. The number of carbonyl (C=O) groups excluding carboxylic acids is 1. The van der Waals surface area contributed by atoms with Crippen LogP contribution < -0.4 is 5.32 Å². The van der Waals surface area contributed by atoms with Crippen molar-refractivity contribution < 1.29 is 27.9 Å². The predicted molar refractivity (Wildman–Crippen MR) is 92.5 cm³/mol. The number of anilines is 1. The molecule has 2 N–H and O–H groups in total. The summed E-state index contributed by atoms with van der Waals surface area (Å²) >= 11 is 0. The van der Waals surface area contributed by atoms with Gasteiger partial charge in [-0.05, 0) is 37.5 Å². The summed E-state index contributed by atoms with van der Waals surface area (Å²) in [5, 5.41) is 11.9. The van der Waals surface area contributed by atoms with Gasteiger partial charge in [0.1, 0.15) is 0 Å². The average Bonchev–Trinajstić information content (AvgIpc) is 3.02. The predicted octanol–water partition coefficient (Wildman–Crippen LogP) is 2.32. The van der Waals surface area contributed by atoms with Crippen LogP contribution in [0.5, 0.6) is 0 Å². The lowest BCUT2D eigenvalue weighted by Crippen LogP contribution is -2.35. The van der Waals surface area contributed by atoms with Crippen LogP contribution in [0, 0.1) is 5.41 Å². The molecule has 0 unspecified atom stereocenters. The second-order valence-electron chi connectivity index (χ2n) is 6.51. The van der Waals surface area contributed by atoms with Crippen LogP contribution in [-0.4, -0.2) is 45.4 Å². The van der Waals surface area contributed by atoms with Crippen molar-refractivity contribution in [3.05, 3.63) is 23.8 Å². The molecule has 0 saturated heterocycles. The molecule has 0 aliphatic heterocycles. The van der Waals surface area contributed by atoms with Crippen molar-refractivity contribution in [1.29, 1.82) is 0 Å². The van der Waals surface area contributed by atoms with E-state index in [1.54, 1.807) is 7.11 Å². The van der Waals surface area contributed by atoms with Crippen LogP contribution in [0.4, 0.5) is 5.69 Å². The first-order valence-corrected chi connectivity index (χ1v) is 9.96. The van der Waals surface area contributed by atoms with Crippen molar-refractivity contribution in [2.24, 2.45) is 5.41 Å². The molecule has 0 spiro atoms. The Morgan fingerprint density at radius 3 is 2.40 bits per heavy atom. The van der Waals surface area contributed by atoms with Crippen LogP contribution >= 0.6 is 0 Å². The maximum absolute atomic E-state index is 12.8. The Bertz CT molecular complexity index is 765. The number of carbonyl (C=O) groups is 2. The van der Waals surface area contributed by atoms with E-state index in [0.717, 1.165) is 38.0 Å². The SMILES string of the molecule is COCCC1(C(=O)Nc2cc(C(=O)O)cc(S(C)(=O)=O)c2)CCCC1. The standard InChI is InChI=1S/C17H23NO6S/c1-24-8-7-17(5-3-4-6-17)16(21)18-13-9-12(15(19)20)10-14(11-13)25(2,22)23/h9-11H,3-8H2,1-2H3,(H,18,21)(H,19,20). The lowest BCUT2D eigenvalue weighted by Gasteiger charge is -2.27. The number of amides is 1. The fourth-order valence-corrected chi connectivity index (χ4v) is 3.89. The fourth-order valence-electron chi connectivity index (χ4n) is 3.21. The Morgan fingerprint density at radius 2 is 1.88 bits per heavy atom. The number of ether oxygens (including phenoxy) is 1. The first-order chi connectivity index (χ1) is 11.7. The number of carboxylic acid groups (broad SMARTS) is 1. The van der Waals surface area contributed by atoms with E-state index in [9.17, 15) is 23.1 Å². The fraction of sp³-hybridized carbons (Fsp3) is 0.529. The summed E-state index contributed by atoms with van der Waals surface area (Å²) in [7, 11) is -2.02. The van der Waals surface area contributed by atoms with Crippen LogP contribution in [0.2, 0.25) is 0 Å². The summed E-state index contributed by atoms with van der Waals surface area (Å²) < 4.78 is 28.7. The zero-order valence-corrected chi connectivity index (χ0v) is 15.2. The van der Waals surface area contributed by atoms with Crippen LogP contribution in [0.25, 0.3) is 0 Å². The van der Waals surface area contributed by atoms with Crippen molar-refractivity contribution in [3.63, 3.8) is 0 Å². The minimum atomic E-state index is -3.60. The van der Waals surface area contributed by atoms with Gasteiger partial charge < -0.3 is 15.2 Å². The van der Waals surface area contributed by atoms with Crippen molar-refractivity contribution >= 4 is 27.4 Å². The highest BCUT2D eigenvalue weighted by Gasteiger charge is 2.40. The Labute approximate surface area is 147 Å². The number of hydrogen-bond donors (Lipinski definition) is 2. The van der Waals surface area contributed by atoms with Crippen LogP contribution in [0.1, 0.15) is 42.5 Å². The summed E-state index contributed by atoms with van der Waals surface area (Å²) in [6.07, 6.45) is 4.94. The second kappa shape index (κ2) is 7.53. The number of sulfone groups is 1.